The first-order valence-corrected chi connectivity index (χ1v) is 9.56. The smallest absolute Gasteiger partial charge is 0.264 e. The van der Waals surface area contributed by atoms with Gasteiger partial charge in [-0.3, -0.25) is 4.79 Å². The predicted octanol–water partition coefficient (Wildman–Crippen LogP) is -1.05. The van der Waals surface area contributed by atoms with Crippen LogP contribution in [-0.4, -0.2) is 79.7 Å². The van der Waals surface area contributed by atoms with Gasteiger partial charge in [-0.2, -0.15) is 0 Å². The summed E-state index contributed by atoms with van der Waals surface area (Å²) < 4.78 is 6.03. The number of amides is 1. The van der Waals surface area contributed by atoms with E-state index in [0.717, 1.165) is 16.7 Å². The predicted molar refractivity (Wildman–Crippen MR) is 104 cm³/mol. The van der Waals surface area contributed by atoms with E-state index in [-0.39, 0.29) is 12.3 Å². The average Bonchev–Trinajstić information content (AvgIpc) is 2.72. The van der Waals surface area contributed by atoms with Gasteiger partial charge in [-0.15, -0.1) is 0 Å². The Morgan fingerprint density at radius 1 is 1.07 bits per heavy atom. The first kappa shape index (κ1) is 23.4. The van der Waals surface area contributed by atoms with Crippen molar-refractivity contribution in [2.24, 2.45) is 0 Å². The Balaban J connectivity index is 2.09. The van der Waals surface area contributed by atoms with Crippen molar-refractivity contribution in [1.82, 2.24) is 5.32 Å². The van der Waals surface area contributed by atoms with Crippen LogP contribution in [-0.2, 0) is 11.2 Å². The number of aliphatic hydroxyl groups excluding tert-OH is 5. The van der Waals surface area contributed by atoms with E-state index < -0.39 is 42.5 Å². The van der Waals surface area contributed by atoms with Crippen LogP contribution in [0.4, 0.5) is 0 Å². The van der Waals surface area contributed by atoms with E-state index in [1.54, 1.807) is 20.8 Å². The fraction of sp³-hybridized carbons (Fsp3) is 0.650. The summed E-state index contributed by atoms with van der Waals surface area (Å²) in [6.07, 6.45) is -5.82. The number of carbonyl (C=O) groups excluding carboxylic acids is 1. The molecule has 0 radical (unpaired) electrons. The van der Waals surface area contributed by atoms with E-state index in [2.05, 4.69) is 5.32 Å². The van der Waals surface area contributed by atoms with Crippen LogP contribution in [0.3, 0.4) is 0 Å². The maximum absolute atomic E-state index is 12.7. The Kier molecular flexibility index (Phi) is 7.13. The Bertz CT molecular complexity index is 768. The molecule has 2 rings (SSSR count). The monoisotopic (exact) mass is 413 g/mol. The zero-order valence-electron chi connectivity index (χ0n) is 17.1. The van der Waals surface area contributed by atoms with Crippen molar-refractivity contribution in [3.05, 3.63) is 22.3 Å². The van der Waals surface area contributed by atoms with E-state index in [1.165, 1.54) is 0 Å². The highest BCUT2D eigenvalue weighted by Gasteiger charge is 2.41. The number of fused-ring (bicyclic) bond motifs is 1. The lowest BCUT2D eigenvalue weighted by atomic mass is 9.86. The number of carbonyl (C=O) groups is 1. The molecule has 1 aliphatic heterocycles. The molecule has 1 heterocycles. The molecule has 0 spiro atoms. The minimum atomic E-state index is -1.76. The van der Waals surface area contributed by atoms with Crippen molar-refractivity contribution < 1.29 is 40.2 Å². The number of aliphatic hydroxyl groups is 5. The van der Waals surface area contributed by atoms with Gasteiger partial charge in [0.1, 0.15) is 29.8 Å². The van der Waals surface area contributed by atoms with Gasteiger partial charge in [0.15, 0.2) is 5.60 Å². The Morgan fingerprint density at radius 2 is 1.66 bits per heavy atom. The van der Waals surface area contributed by atoms with E-state index in [1.807, 2.05) is 6.92 Å². The molecule has 1 aromatic carbocycles. The van der Waals surface area contributed by atoms with Crippen molar-refractivity contribution >= 4 is 5.91 Å². The molecule has 164 valence electrons. The van der Waals surface area contributed by atoms with E-state index in [9.17, 15) is 30.3 Å². The summed E-state index contributed by atoms with van der Waals surface area (Å²) in [4.78, 5) is 12.7. The lowest BCUT2D eigenvalue weighted by molar-refractivity contribution is -0.139. The van der Waals surface area contributed by atoms with E-state index in [4.69, 9.17) is 9.84 Å². The molecule has 1 aromatic rings. The number of nitrogens with one attached hydrogen (secondary N) is 1. The van der Waals surface area contributed by atoms with Crippen molar-refractivity contribution in [2.45, 2.75) is 70.6 Å². The molecule has 0 aromatic heterocycles. The molecule has 5 unspecified atom stereocenters. The van der Waals surface area contributed by atoms with Gasteiger partial charge in [0.25, 0.3) is 5.91 Å². The molecule has 9 nitrogen and oxygen atoms in total. The molecule has 0 saturated carbocycles. The summed E-state index contributed by atoms with van der Waals surface area (Å²) in [5, 5.41) is 60.4. The number of hydrogen-bond acceptors (Lipinski definition) is 8. The zero-order chi connectivity index (χ0) is 22.1. The molecule has 0 aliphatic carbocycles. The SMILES string of the molecule is Cc1c(C)c2c(c(C)c1O)CCC(C)(C(=O)NCC(O)C(O)C(O)C(O)CO)O2. The maximum atomic E-state index is 12.7. The highest BCUT2D eigenvalue weighted by Crippen LogP contribution is 2.43. The third-order valence-corrected chi connectivity index (χ3v) is 5.80. The molecule has 7 N–H and O–H groups in total. The molecule has 0 fully saturated rings. The van der Waals surface area contributed by atoms with Crippen LogP contribution in [0.1, 0.15) is 35.6 Å². The first-order chi connectivity index (χ1) is 13.4. The van der Waals surface area contributed by atoms with E-state index >= 15 is 0 Å². The van der Waals surface area contributed by atoms with Gasteiger partial charge < -0.3 is 40.7 Å². The van der Waals surface area contributed by atoms with Crippen molar-refractivity contribution in [1.29, 1.82) is 0 Å². The van der Waals surface area contributed by atoms with Gasteiger partial charge in [-0.1, -0.05) is 0 Å². The topological polar surface area (TPSA) is 160 Å². The number of aromatic hydroxyl groups is 1. The second-order valence-electron chi connectivity index (χ2n) is 7.87. The summed E-state index contributed by atoms with van der Waals surface area (Å²) in [7, 11) is 0. The summed E-state index contributed by atoms with van der Waals surface area (Å²) in [5.74, 6) is 0.275. The zero-order valence-corrected chi connectivity index (χ0v) is 17.1. The Morgan fingerprint density at radius 3 is 2.24 bits per heavy atom. The van der Waals surface area contributed by atoms with Crippen molar-refractivity contribution in [2.75, 3.05) is 13.2 Å². The maximum Gasteiger partial charge on any atom is 0.264 e. The lowest BCUT2D eigenvalue weighted by Crippen LogP contribution is -2.55. The van der Waals surface area contributed by atoms with E-state index in [0.29, 0.717) is 24.2 Å². The van der Waals surface area contributed by atoms with Gasteiger partial charge in [-0.05, 0) is 50.8 Å². The molecule has 0 bridgehead atoms. The average molecular weight is 413 g/mol. The fourth-order valence-corrected chi connectivity index (χ4v) is 3.48. The normalized spacial score (nSPS) is 22.8. The van der Waals surface area contributed by atoms with Gasteiger partial charge in [0, 0.05) is 18.5 Å². The second kappa shape index (κ2) is 8.85. The summed E-state index contributed by atoms with van der Waals surface area (Å²) >= 11 is 0. The molecule has 1 amide bonds. The van der Waals surface area contributed by atoms with Gasteiger partial charge in [-0.25, -0.2) is 0 Å². The quantitative estimate of drug-likeness (QED) is 0.298. The van der Waals surface area contributed by atoms with Gasteiger partial charge in [0.2, 0.25) is 0 Å². The molecular formula is C20H31NO8. The summed E-state index contributed by atoms with van der Waals surface area (Å²) in [5.41, 5.74) is 1.79. The minimum Gasteiger partial charge on any atom is -0.507 e. The number of benzene rings is 1. The number of phenols is 1. The minimum absolute atomic E-state index is 0.221. The first-order valence-electron chi connectivity index (χ1n) is 9.56. The van der Waals surface area contributed by atoms with Gasteiger partial charge >= 0.3 is 0 Å². The highest BCUT2D eigenvalue weighted by atomic mass is 16.5. The molecule has 0 saturated heterocycles. The fourth-order valence-electron chi connectivity index (χ4n) is 3.48. The number of ether oxygens (including phenoxy) is 1. The Hall–Kier alpha value is -1.91. The van der Waals surface area contributed by atoms with Crippen molar-refractivity contribution in [3.63, 3.8) is 0 Å². The number of phenolic OH excluding ortho intramolecular Hbond substituents is 1. The van der Waals surface area contributed by atoms with Crippen LogP contribution >= 0.6 is 0 Å². The van der Waals surface area contributed by atoms with Crippen LogP contribution in [0.25, 0.3) is 0 Å². The Labute approximate surface area is 169 Å². The van der Waals surface area contributed by atoms with Crippen LogP contribution in [0.2, 0.25) is 0 Å². The van der Waals surface area contributed by atoms with Crippen LogP contribution in [0, 0.1) is 20.8 Å². The van der Waals surface area contributed by atoms with Gasteiger partial charge in [0.05, 0.1) is 12.7 Å². The van der Waals surface area contributed by atoms with Crippen LogP contribution in [0.5, 0.6) is 11.5 Å². The molecule has 29 heavy (non-hydrogen) atoms. The summed E-state index contributed by atoms with van der Waals surface area (Å²) in [6.45, 7) is 5.85. The third kappa shape index (κ3) is 4.49. The molecule has 1 aliphatic rings. The summed E-state index contributed by atoms with van der Waals surface area (Å²) in [6, 6.07) is 0. The van der Waals surface area contributed by atoms with Crippen LogP contribution in [0.15, 0.2) is 0 Å². The third-order valence-electron chi connectivity index (χ3n) is 5.80. The number of rotatable bonds is 7. The largest absolute Gasteiger partial charge is 0.507 e. The lowest BCUT2D eigenvalue weighted by Gasteiger charge is -2.37. The molecule has 9 heteroatoms. The molecular weight excluding hydrogens is 382 g/mol. The second-order valence-corrected chi connectivity index (χ2v) is 7.87. The number of hydrogen-bond donors (Lipinski definition) is 7. The van der Waals surface area contributed by atoms with Crippen molar-refractivity contribution in [3.8, 4) is 11.5 Å². The molecule has 5 atom stereocenters. The van der Waals surface area contributed by atoms with Crippen LogP contribution < -0.4 is 10.1 Å². The standard InChI is InChI=1S/C20H31NO8/c1-9-10(2)18-12(11(3)15(9)25)5-6-20(4,29-18)19(28)21-7-13(23)16(26)17(27)14(24)8-22/h13-14,16-17,22-27H,5-8H2,1-4H3,(H,21,28). The highest BCUT2D eigenvalue weighted by molar-refractivity contribution is 5.85.